The van der Waals surface area contributed by atoms with E-state index >= 15 is 0 Å². The van der Waals surface area contributed by atoms with Gasteiger partial charge in [0, 0.05) is 23.1 Å². The quantitative estimate of drug-likeness (QED) is 0.403. The van der Waals surface area contributed by atoms with Crippen molar-refractivity contribution in [2.24, 2.45) is 0 Å². The molecule has 0 aliphatic heterocycles. The average molecular weight is 306 g/mol. The summed E-state index contributed by atoms with van der Waals surface area (Å²) in [6, 6.07) is 6.39. The second-order valence-corrected chi connectivity index (χ2v) is 5.43. The highest BCUT2D eigenvalue weighted by Gasteiger charge is 2.13. The molecular formula is C13H8ClN3O2S. The van der Waals surface area contributed by atoms with E-state index < -0.39 is 4.92 Å². The molecule has 100 valence electrons. The van der Waals surface area contributed by atoms with Gasteiger partial charge in [0.25, 0.3) is 5.69 Å². The van der Waals surface area contributed by atoms with E-state index in [0.29, 0.717) is 11.0 Å². The number of aromatic nitrogens is 2. The van der Waals surface area contributed by atoms with Gasteiger partial charge in [-0.1, -0.05) is 11.6 Å². The van der Waals surface area contributed by atoms with Crippen molar-refractivity contribution in [2.45, 2.75) is 6.92 Å². The van der Waals surface area contributed by atoms with Gasteiger partial charge in [-0.3, -0.25) is 10.1 Å². The van der Waals surface area contributed by atoms with Crippen LogP contribution in [-0.4, -0.2) is 14.9 Å². The van der Waals surface area contributed by atoms with Gasteiger partial charge in [-0.2, -0.15) is 0 Å². The molecule has 0 saturated heterocycles. The number of hydrogen-bond acceptors (Lipinski definition) is 5. The van der Waals surface area contributed by atoms with Crippen LogP contribution in [0, 0.1) is 17.0 Å². The van der Waals surface area contributed by atoms with Crippen molar-refractivity contribution in [2.75, 3.05) is 0 Å². The van der Waals surface area contributed by atoms with Crippen LogP contribution in [0.5, 0.6) is 0 Å². The highest BCUT2D eigenvalue weighted by atomic mass is 35.5. The molecule has 2 aromatic heterocycles. The Labute approximate surface area is 123 Å². The Balaban J connectivity index is 2.17. The van der Waals surface area contributed by atoms with Crippen molar-refractivity contribution in [3.8, 4) is 11.1 Å². The lowest BCUT2D eigenvalue weighted by molar-refractivity contribution is -0.384. The second kappa shape index (κ2) is 4.81. The first-order valence-electron chi connectivity index (χ1n) is 5.72. The Morgan fingerprint density at radius 2 is 1.95 bits per heavy atom. The molecule has 0 aliphatic rings. The van der Waals surface area contributed by atoms with Crippen molar-refractivity contribution in [1.82, 2.24) is 9.97 Å². The SMILES string of the molecule is Cc1nc(Cl)c2scc(-c3ccc([N+](=O)[O-])cc3)c2n1. The number of non-ortho nitro benzene ring substituents is 1. The van der Waals surface area contributed by atoms with Crippen LogP contribution in [0.2, 0.25) is 5.15 Å². The molecule has 0 fully saturated rings. The van der Waals surface area contributed by atoms with Crippen molar-refractivity contribution < 1.29 is 4.92 Å². The van der Waals surface area contributed by atoms with Crippen LogP contribution in [0.15, 0.2) is 29.6 Å². The summed E-state index contributed by atoms with van der Waals surface area (Å²) >= 11 is 7.56. The molecule has 0 atom stereocenters. The fraction of sp³-hybridized carbons (Fsp3) is 0.0769. The third-order valence-electron chi connectivity index (χ3n) is 2.87. The van der Waals surface area contributed by atoms with Gasteiger partial charge in [0.15, 0.2) is 5.15 Å². The van der Waals surface area contributed by atoms with E-state index in [2.05, 4.69) is 9.97 Å². The molecule has 0 unspecified atom stereocenters. The minimum Gasteiger partial charge on any atom is -0.258 e. The first-order valence-corrected chi connectivity index (χ1v) is 6.98. The van der Waals surface area contributed by atoms with E-state index in [1.54, 1.807) is 19.1 Å². The molecule has 0 aliphatic carbocycles. The second-order valence-electron chi connectivity index (χ2n) is 4.19. The Kier molecular flexibility index (Phi) is 3.11. The van der Waals surface area contributed by atoms with Crippen molar-refractivity contribution in [1.29, 1.82) is 0 Å². The summed E-state index contributed by atoms with van der Waals surface area (Å²) in [5.74, 6) is 0.601. The largest absolute Gasteiger partial charge is 0.269 e. The van der Waals surface area contributed by atoms with Crippen LogP contribution in [0.4, 0.5) is 5.69 Å². The van der Waals surface area contributed by atoms with Crippen LogP contribution in [0.25, 0.3) is 21.3 Å². The molecule has 0 N–H and O–H groups in total. The van der Waals surface area contributed by atoms with Crippen molar-refractivity contribution >= 4 is 38.8 Å². The van der Waals surface area contributed by atoms with Gasteiger partial charge in [-0.25, -0.2) is 9.97 Å². The summed E-state index contributed by atoms with van der Waals surface area (Å²) in [6.07, 6.45) is 0. The number of benzene rings is 1. The molecule has 5 nitrogen and oxygen atoms in total. The topological polar surface area (TPSA) is 68.9 Å². The molecule has 0 saturated carbocycles. The molecule has 0 bridgehead atoms. The Morgan fingerprint density at radius 1 is 1.25 bits per heavy atom. The lowest BCUT2D eigenvalue weighted by atomic mass is 10.1. The number of halogens is 1. The summed E-state index contributed by atoms with van der Waals surface area (Å²) in [5, 5.41) is 13.0. The number of nitro groups is 1. The van der Waals surface area contributed by atoms with E-state index in [9.17, 15) is 10.1 Å². The number of nitrogens with zero attached hydrogens (tertiary/aromatic N) is 3. The molecule has 7 heteroatoms. The molecule has 3 rings (SSSR count). The van der Waals surface area contributed by atoms with E-state index in [-0.39, 0.29) is 5.69 Å². The van der Waals surface area contributed by atoms with Gasteiger partial charge in [0.05, 0.1) is 15.1 Å². The van der Waals surface area contributed by atoms with E-state index in [1.807, 2.05) is 5.38 Å². The first kappa shape index (κ1) is 13.0. The fourth-order valence-corrected chi connectivity index (χ4v) is 3.20. The monoisotopic (exact) mass is 305 g/mol. The molecular weight excluding hydrogens is 298 g/mol. The summed E-state index contributed by atoms with van der Waals surface area (Å²) in [7, 11) is 0. The molecule has 0 amide bonds. The molecule has 20 heavy (non-hydrogen) atoms. The minimum atomic E-state index is -0.418. The van der Waals surface area contributed by atoms with Crippen LogP contribution in [0.1, 0.15) is 5.82 Å². The molecule has 0 spiro atoms. The highest BCUT2D eigenvalue weighted by molar-refractivity contribution is 7.18. The van der Waals surface area contributed by atoms with Crippen LogP contribution in [0.3, 0.4) is 0 Å². The smallest absolute Gasteiger partial charge is 0.258 e. The normalized spacial score (nSPS) is 10.9. The number of nitro benzene ring substituents is 1. The zero-order valence-electron chi connectivity index (χ0n) is 10.3. The molecule has 0 radical (unpaired) electrons. The van der Waals surface area contributed by atoms with Gasteiger partial charge < -0.3 is 0 Å². The van der Waals surface area contributed by atoms with Crippen LogP contribution in [-0.2, 0) is 0 Å². The standard InChI is InChI=1S/C13H8ClN3O2S/c1-7-15-11-10(6-20-12(11)13(14)16-7)8-2-4-9(5-3-8)17(18)19/h2-6H,1H3. The highest BCUT2D eigenvalue weighted by Crippen LogP contribution is 2.36. The predicted octanol–water partition coefficient (Wildman–Crippen LogP) is 4.23. The molecule has 1 aromatic carbocycles. The fourth-order valence-electron chi connectivity index (χ4n) is 1.96. The number of thiophene rings is 1. The van der Waals surface area contributed by atoms with Gasteiger partial charge >= 0.3 is 0 Å². The van der Waals surface area contributed by atoms with Gasteiger partial charge in [-0.05, 0) is 24.6 Å². The average Bonchev–Trinajstić information content (AvgIpc) is 2.82. The number of aryl methyl sites for hydroxylation is 1. The summed E-state index contributed by atoms with van der Waals surface area (Å²) in [5.41, 5.74) is 2.63. The molecule has 3 aromatic rings. The zero-order valence-corrected chi connectivity index (χ0v) is 11.9. The molecule has 2 heterocycles. The minimum absolute atomic E-state index is 0.0668. The predicted molar refractivity (Wildman–Crippen MR) is 79.3 cm³/mol. The Bertz CT molecular complexity index is 814. The third kappa shape index (κ3) is 2.13. The summed E-state index contributed by atoms with van der Waals surface area (Å²) < 4.78 is 0.825. The van der Waals surface area contributed by atoms with Crippen LogP contribution >= 0.6 is 22.9 Å². The number of fused-ring (bicyclic) bond motifs is 1. The first-order chi connectivity index (χ1) is 9.56. The maximum absolute atomic E-state index is 10.7. The third-order valence-corrected chi connectivity index (χ3v) is 4.24. The van der Waals surface area contributed by atoms with Gasteiger partial charge in [-0.15, -0.1) is 11.3 Å². The lowest BCUT2D eigenvalue weighted by Gasteiger charge is -2.01. The number of rotatable bonds is 2. The zero-order chi connectivity index (χ0) is 14.3. The van der Waals surface area contributed by atoms with Gasteiger partial charge in [0.2, 0.25) is 0 Å². The Hall–Kier alpha value is -2.05. The van der Waals surface area contributed by atoms with E-state index in [0.717, 1.165) is 21.3 Å². The number of hydrogen-bond donors (Lipinski definition) is 0. The summed E-state index contributed by atoms with van der Waals surface area (Å²) in [6.45, 7) is 1.78. The maximum atomic E-state index is 10.7. The lowest BCUT2D eigenvalue weighted by Crippen LogP contribution is -1.89. The van der Waals surface area contributed by atoms with Gasteiger partial charge in [0.1, 0.15) is 5.82 Å². The van der Waals surface area contributed by atoms with Crippen molar-refractivity contribution in [3.05, 3.63) is 50.7 Å². The Morgan fingerprint density at radius 3 is 2.60 bits per heavy atom. The van der Waals surface area contributed by atoms with Crippen molar-refractivity contribution in [3.63, 3.8) is 0 Å². The van der Waals surface area contributed by atoms with E-state index in [4.69, 9.17) is 11.6 Å². The summed E-state index contributed by atoms with van der Waals surface area (Å²) in [4.78, 5) is 18.8. The van der Waals surface area contributed by atoms with E-state index in [1.165, 1.54) is 23.5 Å². The van der Waals surface area contributed by atoms with Crippen LogP contribution < -0.4 is 0 Å². The maximum Gasteiger partial charge on any atom is 0.269 e.